The molecule has 1 aliphatic heterocycles. The van der Waals surface area contributed by atoms with E-state index in [1.807, 2.05) is 43.3 Å². The number of nitrogens with zero attached hydrogens (tertiary/aromatic N) is 3. The van der Waals surface area contributed by atoms with Crippen LogP contribution < -0.4 is 5.32 Å². The van der Waals surface area contributed by atoms with Crippen LogP contribution in [-0.2, 0) is 9.59 Å². The molecule has 8 nitrogen and oxygen atoms in total. The second kappa shape index (κ2) is 9.91. The first kappa shape index (κ1) is 23.2. The van der Waals surface area contributed by atoms with E-state index in [0.29, 0.717) is 49.0 Å². The lowest BCUT2D eigenvalue weighted by Crippen LogP contribution is -2.54. The third-order valence-electron chi connectivity index (χ3n) is 5.70. The van der Waals surface area contributed by atoms with Crippen LogP contribution >= 0.6 is 0 Å². The minimum atomic E-state index is -0.617. The van der Waals surface area contributed by atoms with Crippen molar-refractivity contribution in [1.82, 2.24) is 20.1 Å². The molecule has 0 spiro atoms. The molecule has 1 aromatic heterocycles. The summed E-state index contributed by atoms with van der Waals surface area (Å²) in [5, 5.41) is 2.61. The van der Waals surface area contributed by atoms with Crippen molar-refractivity contribution in [3.63, 3.8) is 0 Å². The average Bonchev–Trinajstić information content (AvgIpc) is 3.33. The molecule has 0 atom stereocenters. The molecule has 8 heteroatoms. The van der Waals surface area contributed by atoms with Crippen LogP contribution in [0.25, 0.3) is 22.8 Å². The highest BCUT2D eigenvalue weighted by Crippen LogP contribution is 2.29. The summed E-state index contributed by atoms with van der Waals surface area (Å²) in [5.74, 6) is -0.342. The molecule has 1 N–H and O–H groups in total. The molecule has 2 heterocycles. The number of nitrogens with one attached hydrogen (secondary N) is 1. The van der Waals surface area contributed by atoms with E-state index >= 15 is 0 Å². The summed E-state index contributed by atoms with van der Waals surface area (Å²) in [6, 6.07) is 15.0. The van der Waals surface area contributed by atoms with E-state index < -0.39 is 11.8 Å². The zero-order chi connectivity index (χ0) is 24.2. The molecule has 0 unspecified atom stereocenters. The molecular formula is C26H28N4O4. The van der Waals surface area contributed by atoms with Crippen molar-refractivity contribution >= 4 is 17.7 Å². The van der Waals surface area contributed by atoms with Gasteiger partial charge in [0.1, 0.15) is 0 Å². The molecule has 0 bridgehead atoms. The van der Waals surface area contributed by atoms with E-state index in [2.05, 4.69) is 10.3 Å². The van der Waals surface area contributed by atoms with Crippen molar-refractivity contribution < 1.29 is 18.8 Å². The van der Waals surface area contributed by atoms with Crippen molar-refractivity contribution in [2.45, 2.75) is 26.8 Å². The number of hydrogen-bond acceptors (Lipinski definition) is 5. The lowest BCUT2D eigenvalue weighted by atomic mass is 10.1. The zero-order valence-corrected chi connectivity index (χ0v) is 19.6. The van der Waals surface area contributed by atoms with Crippen molar-refractivity contribution in [3.05, 3.63) is 65.9 Å². The van der Waals surface area contributed by atoms with Gasteiger partial charge in [-0.25, -0.2) is 4.98 Å². The van der Waals surface area contributed by atoms with Crippen molar-refractivity contribution in [1.29, 1.82) is 0 Å². The Kier molecular flexibility index (Phi) is 6.77. The molecule has 176 valence electrons. The summed E-state index contributed by atoms with van der Waals surface area (Å²) in [4.78, 5) is 45.3. The minimum absolute atomic E-state index is 0.113. The number of piperazine rings is 1. The predicted octanol–water partition coefficient (Wildman–Crippen LogP) is 3.13. The number of oxazole rings is 1. The first-order valence-corrected chi connectivity index (χ1v) is 11.3. The lowest BCUT2D eigenvalue weighted by molar-refractivity contribution is -0.147. The Bertz CT molecular complexity index is 1190. The number of amides is 3. The number of hydrogen-bond donors (Lipinski definition) is 1. The van der Waals surface area contributed by atoms with Gasteiger partial charge in [-0.3, -0.25) is 14.4 Å². The van der Waals surface area contributed by atoms with Crippen LogP contribution in [0.15, 0.2) is 59.1 Å². The Balaban J connectivity index is 1.47. The van der Waals surface area contributed by atoms with Crippen LogP contribution in [0.2, 0.25) is 0 Å². The lowest BCUT2D eigenvalue weighted by Gasteiger charge is -2.34. The average molecular weight is 461 g/mol. The van der Waals surface area contributed by atoms with Gasteiger partial charge in [-0.2, -0.15) is 0 Å². The second-order valence-corrected chi connectivity index (χ2v) is 8.65. The van der Waals surface area contributed by atoms with E-state index in [1.165, 1.54) is 4.90 Å². The summed E-state index contributed by atoms with van der Waals surface area (Å²) in [6.07, 6.45) is 1.66. The van der Waals surface area contributed by atoms with Gasteiger partial charge < -0.3 is 19.5 Å². The highest BCUT2D eigenvalue weighted by molar-refractivity contribution is 6.35. The van der Waals surface area contributed by atoms with Crippen LogP contribution in [-0.4, -0.2) is 64.7 Å². The fraction of sp³-hybridized carbons (Fsp3) is 0.308. The van der Waals surface area contributed by atoms with Gasteiger partial charge >= 0.3 is 11.8 Å². The Labute approximate surface area is 198 Å². The highest BCUT2D eigenvalue weighted by atomic mass is 16.4. The van der Waals surface area contributed by atoms with Gasteiger partial charge in [0.15, 0.2) is 5.76 Å². The Morgan fingerprint density at radius 2 is 1.59 bits per heavy atom. The van der Waals surface area contributed by atoms with Gasteiger partial charge in [0, 0.05) is 43.3 Å². The summed E-state index contributed by atoms with van der Waals surface area (Å²) in [6.45, 7) is 6.91. The SMILES string of the molecule is Cc1ccc(-c2cnc(-c3ccccc3C(=O)N3CCN(C(=O)C(=O)NC(C)C)CC3)o2)cc1. The van der Waals surface area contributed by atoms with E-state index in [-0.39, 0.29) is 11.9 Å². The van der Waals surface area contributed by atoms with Gasteiger partial charge in [0.25, 0.3) is 5.91 Å². The van der Waals surface area contributed by atoms with Crippen LogP contribution in [0, 0.1) is 6.92 Å². The smallest absolute Gasteiger partial charge is 0.312 e. The summed E-state index contributed by atoms with van der Waals surface area (Å²) in [5.41, 5.74) is 3.16. The molecule has 0 saturated carbocycles. The van der Waals surface area contributed by atoms with Crippen molar-refractivity contribution in [2.24, 2.45) is 0 Å². The molecule has 0 radical (unpaired) electrons. The maximum atomic E-state index is 13.3. The largest absolute Gasteiger partial charge is 0.436 e. The third kappa shape index (κ3) is 5.01. The molecule has 1 fully saturated rings. The molecule has 34 heavy (non-hydrogen) atoms. The fourth-order valence-electron chi connectivity index (χ4n) is 3.86. The summed E-state index contributed by atoms with van der Waals surface area (Å²) in [7, 11) is 0. The molecule has 2 aromatic carbocycles. The van der Waals surface area contributed by atoms with Gasteiger partial charge in [-0.1, -0.05) is 42.0 Å². The molecule has 0 aliphatic carbocycles. The Hall–Kier alpha value is -3.94. The van der Waals surface area contributed by atoms with Gasteiger partial charge in [-0.05, 0) is 32.9 Å². The molecule has 3 aromatic rings. The molecule has 4 rings (SSSR count). The molecule has 1 saturated heterocycles. The summed E-state index contributed by atoms with van der Waals surface area (Å²) >= 11 is 0. The van der Waals surface area contributed by atoms with E-state index in [1.54, 1.807) is 37.1 Å². The fourth-order valence-corrected chi connectivity index (χ4v) is 3.86. The van der Waals surface area contributed by atoms with Crippen LogP contribution in [0.1, 0.15) is 29.8 Å². The third-order valence-corrected chi connectivity index (χ3v) is 5.70. The van der Waals surface area contributed by atoms with Crippen molar-refractivity contribution in [2.75, 3.05) is 26.2 Å². The standard InChI is InChI=1S/C26H28N4O4/c1-17(2)28-23(31)26(33)30-14-12-29(13-15-30)25(32)21-7-5-4-6-20(21)24-27-16-22(34-24)19-10-8-18(3)9-11-19/h4-11,16-17H,12-15H2,1-3H3,(H,28,31). The first-order valence-electron chi connectivity index (χ1n) is 11.3. The molecular weight excluding hydrogens is 432 g/mol. The minimum Gasteiger partial charge on any atom is -0.436 e. The van der Waals surface area contributed by atoms with Crippen LogP contribution in [0.4, 0.5) is 0 Å². The maximum absolute atomic E-state index is 13.3. The zero-order valence-electron chi connectivity index (χ0n) is 19.6. The number of aryl methyl sites for hydroxylation is 1. The molecule has 3 amide bonds. The quantitative estimate of drug-likeness (QED) is 0.604. The Morgan fingerprint density at radius 1 is 0.941 bits per heavy atom. The van der Waals surface area contributed by atoms with E-state index in [9.17, 15) is 14.4 Å². The number of carbonyl (C=O) groups is 3. The number of rotatable bonds is 4. The number of carbonyl (C=O) groups excluding carboxylic acids is 3. The van der Waals surface area contributed by atoms with Gasteiger partial charge in [0.2, 0.25) is 5.89 Å². The normalized spacial score (nSPS) is 13.8. The van der Waals surface area contributed by atoms with Gasteiger partial charge in [-0.15, -0.1) is 0 Å². The van der Waals surface area contributed by atoms with E-state index in [4.69, 9.17) is 4.42 Å². The molecule has 1 aliphatic rings. The maximum Gasteiger partial charge on any atom is 0.312 e. The second-order valence-electron chi connectivity index (χ2n) is 8.65. The van der Waals surface area contributed by atoms with Crippen LogP contribution in [0.5, 0.6) is 0 Å². The highest BCUT2D eigenvalue weighted by Gasteiger charge is 2.29. The Morgan fingerprint density at radius 3 is 2.26 bits per heavy atom. The predicted molar refractivity (Wildman–Crippen MR) is 128 cm³/mol. The van der Waals surface area contributed by atoms with E-state index in [0.717, 1.165) is 11.1 Å². The first-order chi connectivity index (χ1) is 16.3. The monoisotopic (exact) mass is 460 g/mol. The number of aromatic nitrogens is 1. The van der Waals surface area contributed by atoms with Gasteiger partial charge in [0.05, 0.1) is 11.8 Å². The number of benzene rings is 2. The van der Waals surface area contributed by atoms with Crippen molar-refractivity contribution in [3.8, 4) is 22.8 Å². The topological polar surface area (TPSA) is 95.8 Å². The summed E-state index contributed by atoms with van der Waals surface area (Å²) < 4.78 is 6.00. The van der Waals surface area contributed by atoms with Crippen LogP contribution in [0.3, 0.4) is 0 Å².